The number of halogens is 3. The highest BCUT2D eigenvalue weighted by atomic mass is 32.1. The van der Waals surface area contributed by atoms with Gasteiger partial charge in [0.25, 0.3) is 0 Å². The zero-order valence-electron chi connectivity index (χ0n) is 15.9. The monoisotopic (exact) mass is 442 g/mol. The molecule has 11 heteroatoms. The predicted octanol–water partition coefficient (Wildman–Crippen LogP) is 3.87. The minimum Gasteiger partial charge on any atom is -0.410 e. The third-order valence-electron chi connectivity index (χ3n) is 5.03. The van der Waals surface area contributed by atoms with Gasteiger partial charge in [-0.3, -0.25) is 9.69 Å². The molecule has 3 N–H and O–H groups in total. The van der Waals surface area contributed by atoms with E-state index in [1.54, 1.807) is 6.20 Å². The SMILES string of the molecule is NC(=O)C1(CCCNc2nccs2)CCCN1C(=O)Oc1ccccc1C(F)(F)F. The maximum Gasteiger partial charge on any atom is 0.419 e. The van der Waals surface area contributed by atoms with E-state index in [1.165, 1.54) is 23.5 Å². The topological polar surface area (TPSA) is 97.5 Å². The van der Waals surface area contributed by atoms with Crippen LogP contribution in [0.2, 0.25) is 0 Å². The van der Waals surface area contributed by atoms with Crippen molar-refractivity contribution in [2.45, 2.75) is 37.4 Å². The Morgan fingerprint density at radius 1 is 1.33 bits per heavy atom. The van der Waals surface area contributed by atoms with Crippen LogP contribution >= 0.6 is 11.3 Å². The number of thiazole rings is 1. The lowest BCUT2D eigenvalue weighted by atomic mass is 9.89. The number of hydrogen-bond acceptors (Lipinski definition) is 6. The van der Waals surface area contributed by atoms with Gasteiger partial charge >= 0.3 is 12.3 Å². The fourth-order valence-electron chi connectivity index (χ4n) is 3.61. The average Bonchev–Trinajstić information content (AvgIpc) is 3.35. The normalized spacial score (nSPS) is 19.0. The van der Waals surface area contributed by atoms with Crippen LogP contribution in [0.4, 0.5) is 23.1 Å². The summed E-state index contributed by atoms with van der Waals surface area (Å²) in [6.45, 7) is 0.679. The van der Waals surface area contributed by atoms with E-state index >= 15 is 0 Å². The van der Waals surface area contributed by atoms with E-state index in [4.69, 9.17) is 10.5 Å². The number of para-hydroxylation sites is 1. The largest absolute Gasteiger partial charge is 0.419 e. The van der Waals surface area contributed by atoms with Gasteiger partial charge in [-0.2, -0.15) is 13.2 Å². The Bertz CT molecular complexity index is 891. The molecule has 2 amide bonds. The number of rotatable bonds is 7. The number of benzene rings is 1. The maximum absolute atomic E-state index is 13.2. The van der Waals surface area contributed by atoms with Crippen molar-refractivity contribution in [2.75, 3.05) is 18.4 Å². The summed E-state index contributed by atoms with van der Waals surface area (Å²) in [5.74, 6) is -1.30. The molecule has 2 heterocycles. The van der Waals surface area contributed by atoms with Crippen molar-refractivity contribution in [3.05, 3.63) is 41.4 Å². The molecule has 7 nitrogen and oxygen atoms in total. The molecule has 0 radical (unpaired) electrons. The third-order valence-corrected chi connectivity index (χ3v) is 5.76. The van der Waals surface area contributed by atoms with Gasteiger partial charge in [-0.15, -0.1) is 11.3 Å². The van der Waals surface area contributed by atoms with Crippen molar-refractivity contribution in [1.82, 2.24) is 9.88 Å². The summed E-state index contributed by atoms with van der Waals surface area (Å²) in [5, 5.41) is 5.66. The molecule has 1 aromatic heterocycles. The van der Waals surface area contributed by atoms with Crippen molar-refractivity contribution in [2.24, 2.45) is 5.73 Å². The Morgan fingerprint density at radius 3 is 2.77 bits per heavy atom. The Kier molecular flexibility index (Phi) is 6.49. The van der Waals surface area contributed by atoms with E-state index in [0.29, 0.717) is 25.8 Å². The second-order valence-electron chi connectivity index (χ2n) is 6.88. The summed E-state index contributed by atoms with van der Waals surface area (Å²) in [4.78, 5) is 30.3. The predicted molar refractivity (Wildman–Crippen MR) is 105 cm³/mol. The Hall–Kier alpha value is -2.82. The number of carbonyl (C=O) groups is 2. The number of aromatic nitrogens is 1. The van der Waals surface area contributed by atoms with E-state index in [2.05, 4.69) is 10.3 Å². The quantitative estimate of drug-likeness (QED) is 0.635. The number of carbonyl (C=O) groups excluding carboxylic acids is 2. The lowest BCUT2D eigenvalue weighted by Gasteiger charge is -2.35. The van der Waals surface area contributed by atoms with Crippen LogP contribution in [0.5, 0.6) is 5.75 Å². The highest BCUT2D eigenvalue weighted by Crippen LogP contribution is 2.38. The van der Waals surface area contributed by atoms with Gasteiger partial charge in [0.2, 0.25) is 5.91 Å². The number of likely N-dealkylation sites (tertiary alicyclic amines) is 1. The molecule has 0 bridgehead atoms. The molecule has 0 aliphatic carbocycles. The van der Waals surface area contributed by atoms with Crippen LogP contribution in [0.1, 0.15) is 31.2 Å². The van der Waals surface area contributed by atoms with Gasteiger partial charge in [-0.1, -0.05) is 12.1 Å². The molecular weight excluding hydrogens is 421 g/mol. The number of anilines is 1. The molecule has 30 heavy (non-hydrogen) atoms. The lowest BCUT2D eigenvalue weighted by molar-refractivity contribution is -0.138. The lowest BCUT2D eigenvalue weighted by Crippen LogP contribution is -2.56. The zero-order valence-corrected chi connectivity index (χ0v) is 16.8. The summed E-state index contributed by atoms with van der Waals surface area (Å²) < 4.78 is 44.6. The molecule has 1 aliphatic rings. The number of hydrogen-bond donors (Lipinski definition) is 2. The van der Waals surface area contributed by atoms with Crippen LogP contribution in [0, 0.1) is 0 Å². The van der Waals surface area contributed by atoms with Gasteiger partial charge in [0, 0.05) is 24.7 Å². The van der Waals surface area contributed by atoms with Crippen LogP contribution in [0.15, 0.2) is 35.8 Å². The van der Waals surface area contributed by atoms with Gasteiger partial charge in [0.15, 0.2) is 5.13 Å². The molecule has 1 saturated heterocycles. The first-order chi connectivity index (χ1) is 14.2. The highest BCUT2D eigenvalue weighted by Gasteiger charge is 2.49. The molecule has 1 fully saturated rings. The van der Waals surface area contributed by atoms with Crippen LogP contribution in [-0.4, -0.2) is 40.5 Å². The van der Waals surface area contributed by atoms with Crippen molar-refractivity contribution in [1.29, 1.82) is 0 Å². The molecule has 162 valence electrons. The van der Waals surface area contributed by atoms with Crippen LogP contribution in [0.25, 0.3) is 0 Å². The zero-order chi connectivity index (χ0) is 21.8. The van der Waals surface area contributed by atoms with E-state index in [1.807, 2.05) is 5.38 Å². The van der Waals surface area contributed by atoms with E-state index < -0.39 is 35.0 Å². The Morgan fingerprint density at radius 2 is 2.10 bits per heavy atom. The molecule has 1 unspecified atom stereocenters. The second-order valence-corrected chi connectivity index (χ2v) is 7.78. The number of amides is 2. The van der Waals surface area contributed by atoms with Crippen LogP contribution < -0.4 is 15.8 Å². The number of ether oxygens (including phenoxy) is 1. The van der Waals surface area contributed by atoms with Crippen molar-refractivity contribution < 1.29 is 27.5 Å². The highest BCUT2D eigenvalue weighted by molar-refractivity contribution is 7.13. The smallest absolute Gasteiger partial charge is 0.410 e. The third kappa shape index (κ3) is 4.66. The molecule has 0 spiro atoms. The van der Waals surface area contributed by atoms with Gasteiger partial charge in [0.05, 0.1) is 5.56 Å². The molecule has 1 aromatic carbocycles. The first-order valence-corrected chi connectivity index (χ1v) is 10.2. The summed E-state index contributed by atoms with van der Waals surface area (Å²) in [7, 11) is 0. The summed E-state index contributed by atoms with van der Waals surface area (Å²) in [6.07, 6.45) is -2.44. The van der Waals surface area contributed by atoms with Crippen molar-refractivity contribution >= 4 is 28.5 Å². The number of primary amides is 1. The minimum absolute atomic E-state index is 0.176. The number of nitrogens with one attached hydrogen (secondary N) is 1. The second kappa shape index (κ2) is 8.90. The summed E-state index contributed by atoms with van der Waals surface area (Å²) in [5.41, 5.74) is 3.27. The Balaban J connectivity index is 1.71. The van der Waals surface area contributed by atoms with E-state index in [0.717, 1.165) is 22.2 Å². The van der Waals surface area contributed by atoms with E-state index in [9.17, 15) is 22.8 Å². The van der Waals surface area contributed by atoms with Gasteiger partial charge < -0.3 is 15.8 Å². The number of nitrogens with zero attached hydrogens (tertiary/aromatic N) is 2. The van der Waals surface area contributed by atoms with Crippen LogP contribution in [0.3, 0.4) is 0 Å². The van der Waals surface area contributed by atoms with Crippen molar-refractivity contribution in [3.8, 4) is 5.75 Å². The minimum atomic E-state index is -4.68. The van der Waals surface area contributed by atoms with E-state index in [-0.39, 0.29) is 13.0 Å². The number of nitrogens with two attached hydrogens (primary N) is 1. The van der Waals surface area contributed by atoms with Crippen molar-refractivity contribution in [3.63, 3.8) is 0 Å². The molecule has 3 rings (SSSR count). The Labute approximate surface area is 175 Å². The van der Waals surface area contributed by atoms with Crippen LogP contribution in [-0.2, 0) is 11.0 Å². The summed E-state index contributed by atoms with van der Waals surface area (Å²) >= 11 is 1.43. The fraction of sp³-hybridized carbons (Fsp3) is 0.421. The average molecular weight is 442 g/mol. The number of alkyl halides is 3. The maximum atomic E-state index is 13.2. The molecule has 1 aliphatic heterocycles. The van der Waals surface area contributed by atoms with Gasteiger partial charge in [-0.25, -0.2) is 9.78 Å². The molecular formula is C19H21F3N4O3S. The molecule has 1 atom stereocenters. The first kappa shape index (κ1) is 21.9. The fourth-order valence-corrected chi connectivity index (χ4v) is 4.17. The van der Waals surface area contributed by atoms with Gasteiger partial charge in [-0.05, 0) is 37.8 Å². The standard InChI is InChI=1S/C19H21F3N4O3S/c20-19(21,22)13-5-1-2-6-14(13)29-17(28)26-11-4-8-18(26,15(23)27)7-3-9-24-16-25-10-12-30-16/h1-2,5-6,10,12H,3-4,7-9,11H2,(H2,23,27)(H,24,25). The first-order valence-electron chi connectivity index (χ1n) is 9.33. The molecule has 2 aromatic rings. The van der Waals surface area contributed by atoms with Gasteiger partial charge in [0.1, 0.15) is 11.3 Å². The summed E-state index contributed by atoms with van der Waals surface area (Å²) in [6, 6.07) is 4.45. The molecule has 0 saturated carbocycles.